The van der Waals surface area contributed by atoms with Gasteiger partial charge in [-0.25, -0.2) is 0 Å². The van der Waals surface area contributed by atoms with E-state index in [1.807, 2.05) is 13.0 Å². The minimum atomic E-state index is 0.0237. The van der Waals surface area contributed by atoms with Crippen molar-refractivity contribution in [3.8, 4) is 5.75 Å². The van der Waals surface area contributed by atoms with Gasteiger partial charge in [0, 0.05) is 0 Å². The molecule has 0 aliphatic heterocycles. The van der Waals surface area contributed by atoms with Gasteiger partial charge in [0.15, 0.2) is 5.84 Å². The third-order valence-electron chi connectivity index (χ3n) is 3.10. The highest BCUT2D eigenvalue weighted by Crippen LogP contribution is 2.21. The number of methoxy groups -OCH3 is 1. The van der Waals surface area contributed by atoms with E-state index in [4.69, 9.17) is 20.4 Å². The third-order valence-corrected chi connectivity index (χ3v) is 3.10. The highest BCUT2D eigenvalue weighted by molar-refractivity contribution is 5.99. The topological polar surface area (TPSA) is 77.1 Å². The molecule has 5 heteroatoms. The molecule has 0 aliphatic carbocycles. The van der Waals surface area contributed by atoms with Crippen LogP contribution in [0.5, 0.6) is 5.75 Å². The van der Waals surface area contributed by atoms with E-state index >= 15 is 0 Å². The highest BCUT2D eigenvalue weighted by Gasteiger charge is 2.11. The van der Waals surface area contributed by atoms with Crippen LogP contribution in [0.4, 0.5) is 0 Å². The summed E-state index contributed by atoms with van der Waals surface area (Å²) in [6.45, 7) is 6.74. The van der Waals surface area contributed by atoms with Crippen LogP contribution >= 0.6 is 0 Å². The molecule has 0 spiro atoms. The van der Waals surface area contributed by atoms with E-state index in [0.717, 1.165) is 5.56 Å². The van der Waals surface area contributed by atoms with Crippen LogP contribution < -0.4 is 10.5 Å². The summed E-state index contributed by atoms with van der Waals surface area (Å²) in [4.78, 5) is 0. The van der Waals surface area contributed by atoms with Crippen LogP contribution in [0.2, 0.25) is 0 Å². The van der Waals surface area contributed by atoms with E-state index in [-0.39, 0.29) is 11.9 Å². The fourth-order valence-electron chi connectivity index (χ4n) is 1.52. The van der Waals surface area contributed by atoms with Crippen molar-refractivity contribution < 1.29 is 14.7 Å². The number of nitrogens with zero attached hydrogens (tertiary/aromatic N) is 1. The van der Waals surface area contributed by atoms with E-state index in [0.29, 0.717) is 23.8 Å². The first-order valence-electron chi connectivity index (χ1n) is 6.26. The summed E-state index contributed by atoms with van der Waals surface area (Å²) < 4.78 is 10.9. The number of hydrogen-bond donors (Lipinski definition) is 2. The Morgan fingerprint density at radius 3 is 2.58 bits per heavy atom. The minimum absolute atomic E-state index is 0.0237. The summed E-state index contributed by atoms with van der Waals surface area (Å²) in [7, 11) is 1.54. The van der Waals surface area contributed by atoms with E-state index < -0.39 is 0 Å². The maximum Gasteiger partial charge on any atom is 0.173 e. The van der Waals surface area contributed by atoms with Crippen molar-refractivity contribution in [1.29, 1.82) is 0 Å². The lowest BCUT2D eigenvalue weighted by Crippen LogP contribution is -2.17. The standard InChI is InChI=1S/C14H22N2O3/c1-9(2)10(3)19-8-11-5-6-13(18-4)12(7-11)14(15)16-17/h5-7,9-10,17H,8H2,1-4H3,(H2,15,16). The molecule has 3 N–H and O–H groups in total. The molecule has 1 rings (SSSR count). The third kappa shape index (κ3) is 4.13. The predicted octanol–water partition coefficient (Wildman–Crippen LogP) is 2.35. The lowest BCUT2D eigenvalue weighted by molar-refractivity contribution is 0.0235. The molecular weight excluding hydrogens is 244 g/mol. The second kappa shape index (κ2) is 6.99. The molecule has 0 aromatic heterocycles. The average Bonchev–Trinajstić information content (AvgIpc) is 2.43. The fraction of sp³-hybridized carbons (Fsp3) is 0.500. The van der Waals surface area contributed by atoms with Gasteiger partial charge < -0.3 is 20.4 Å². The fourth-order valence-corrected chi connectivity index (χ4v) is 1.52. The van der Waals surface area contributed by atoms with Crippen LogP contribution in [0.25, 0.3) is 0 Å². The van der Waals surface area contributed by atoms with E-state index in [1.165, 1.54) is 0 Å². The largest absolute Gasteiger partial charge is 0.496 e. The Labute approximate surface area is 114 Å². The maximum absolute atomic E-state index is 8.77. The Bertz CT molecular complexity index is 444. The number of oxime groups is 1. The van der Waals surface area contributed by atoms with Gasteiger partial charge in [-0.1, -0.05) is 25.1 Å². The summed E-state index contributed by atoms with van der Waals surface area (Å²) >= 11 is 0. The van der Waals surface area contributed by atoms with Gasteiger partial charge in [-0.05, 0) is 30.5 Å². The first kappa shape index (κ1) is 15.3. The SMILES string of the molecule is COc1ccc(COC(C)C(C)C)cc1C(N)=NO. The van der Waals surface area contributed by atoms with Gasteiger partial charge in [0.05, 0.1) is 25.4 Å². The van der Waals surface area contributed by atoms with Crippen LogP contribution in [-0.2, 0) is 11.3 Å². The quantitative estimate of drug-likeness (QED) is 0.358. The molecule has 1 unspecified atom stereocenters. The van der Waals surface area contributed by atoms with Crippen molar-refractivity contribution in [3.05, 3.63) is 29.3 Å². The maximum atomic E-state index is 8.77. The molecule has 0 bridgehead atoms. The van der Waals surface area contributed by atoms with Crippen molar-refractivity contribution in [3.63, 3.8) is 0 Å². The van der Waals surface area contributed by atoms with Gasteiger partial charge in [-0.2, -0.15) is 0 Å². The van der Waals surface area contributed by atoms with Gasteiger partial charge in [-0.15, -0.1) is 0 Å². The van der Waals surface area contributed by atoms with E-state index in [2.05, 4.69) is 19.0 Å². The highest BCUT2D eigenvalue weighted by atomic mass is 16.5. The molecule has 106 valence electrons. The Morgan fingerprint density at radius 2 is 2.05 bits per heavy atom. The zero-order valence-corrected chi connectivity index (χ0v) is 11.9. The lowest BCUT2D eigenvalue weighted by Gasteiger charge is -2.17. The van der Waals surface area contributed by atoms with Crippen LogP contribution in [-0.4, -0.2) is 24.3 Å². The second-order valence-electron chi connectivity index (χ2n) is 4.78. The first-order valence-corrected chi connectivity index (χ1v) is 6.26. The molecule has 0 saturated heterocycles. The number of nitrogens with two attached hydrogens (primary N) is 1. The van der Waals surface area contributed by atoms with Crippen LogP contribution in [0, 0.1) is 5.92 Å². The molecule has 1 aromatic carbocycles. The second-order valence-corrected chi connectivity index (χ2v) is 4.78. The average molecular weight is 266 g/mol. The van der Waals surface area contributed by atoms with Crippen molar-refractivity contribution in [2.45, 2.75) is 33.5 Å². The molecule has 0 amide bonds. The Hall–Kier alpha value is -1.75. The molecule has 1 atom stereocenters. The van der Waals surface area contributed by atoms with Gasteiger partial charge >= 0.3 is 0 Å². The van der Waals surface area contributed by atoms with E-state index in [1.54, 1.807) is 19.2 Å². The number of hydrogen-bond acceptors (Lipinski definition) is 4. The van der Waals surface area contributed by atoms with Crippen molar-refractivity contribution in [2.75, 3.05) is 7.11 Å². The minimum Gasteiger partial charge on any atom is -0.496 e. The number of rotatable bonds is 6. The Kier molecular flexibility index (Phi) is 5.63. The number of ether oxygens (including phenoxy) is 2. The zero-order valence-electron chi connectivity index (χ0n) is 11.9. The molecule has 0 saturated carbocycles. The van der Waals surface area contributed by atoms with Gasteiger partial charge in [-0.3, -0.25) is 0 Å². The summed E-state index contributed by atoms with van der Waals surface area (Å²) in [6.07, 6.45) is 0.175. The normalized spacial score (nSPS) is 13.6. The van der Waals surface area contributed by atoms with Crippen molar-refractivity contribution in [2.24, 2.45) is 16.8 Å². The molecule has 0 radical (unpaired) electrons. The number of benzene rings is 1. The molecule has 1 aromatic rings. The first-order chi connectivity index (χ1) is 8.99. The van der Waals surface area contributed by atoms with E-state index in [9.17, 15) is 0 Å². The van der Waals surface area contributed by atoms with Crippen LogP contribution in [0.1, 0.15) is 31.9 Å². The van der Waals surface area contributed by atoms with Crippen molar-refractivity contribution >= 4 is 5.84 Å². The lowest BCUT2D eigenvalue weighted by atomic mass is 10.1. The summed E-state index contributed by atoms with van der Waals surface area (Å²) in [5, 5.41) is 11.8. The molecule has 0 fully saturated rings. The van der Waals surface area contributed by atoms with Crippen LogP contribution in [0.15, 0.2) is 23.4 Å². The van der Waals surface area contributed by atoms with Crippen LogP contribution in [0.3, 0.4) is 0 Å². The molecular formula is C14H22N2O3. The van der Waals surface area contributed by atoms with Gasteiger partial charge in [0.25, 0.3) is 0 Å². The summed E-state index contributed by atoms with van der Waals surface area (Å²) in [5.74, 6) is 1.05. The monoisotopic (exact) mass is 266 g/mol. The zero-order chi connectivity index (χ0) is 14.4. The van der Waals surface area contributed by atoms with Gasteiger partial charge in [0.1, 0.15) is 5.75 Å². The predicted molar refractivity (Wildman–Crippen MR) is 74.6 cm³/mol. The Morgan fingerprint density at radius 1 is 1.37 bits per heavy atom. The Balaban J connectivity index is 2.87. The summed E-state index contributed by atoms with van der Waals surface area (Å²) in [6, 6.07) is 5.49. The van der Waals surface area contributed by atoms with Gasteiger partial charge in [0.2, 0.25) is 0 Å². The summed E-state index contributed by atoms with van der Waals surface area (Å²) in [5.41, 5.74) is 7.14. The van der Waals surface area contributed by atoms with Crippen molar-refractivity contribution in [1.82, 2.24) is 0 Å². The molecule has 19 heavy (non-hydrogen) atoms. The molecule has 0 heterocycles. The molecule has 0 aliphatic rings. The molecule has 5 nitrogen and oxygen atoms in total. The number of amidine groups is 1. The smallest absolute Gasteiger partial charge is 0.173 e.